The van der Waals surface area contributed by atoms with Crippen LogP contribution in [-0.4, -0.2) is 0 Å². The molecule has 0 aliphatic carbocycles. The molecule has 2 aromatic rings. The molecule has 0 aromatic heterocycles. The maximum absolute atomic E-state index is 3.81. The minimum absolute atomic E-state index is 0.383. The highest BCUT2D eigenvalue weighted by molar-refractivity contribution is 9.10. The van der Waals surface area contributed by atoms with Gasteiger partial charge in [0, 0.05) is 16.6 Å². The third-order valence-corrected chi connectivity index (χ3v) is 4.44. The predicted octanol–water partition coefficient (Wildman–Crippen LogP) is 5.95. The van der Waals surface area contributed by atoms with E-state index >= 15 is 0 Å². The first kappa shape index (κ1) is 16.3. The molecule has 0 saturated heterocycles. The van der Waals surface area contributed by atoms with Gasteiger partial charge >= 0.3 is 0 Å². The van der Waals surface area contributed by atoms with Crippen LogP contribution in [0.4, 0.5) is 0 Å². The van der Waals surface area contributed by atoms with E-state index in [-0.39, 0.29) is 0 Å². The van der Waals surface area contributed by atoms with Gasteiger partial charge in [0.25, 0.3) is 0 Å². The lowest BCUT2D eigenvalue weighted by Gasteiger charge is -2.25. The normalized spacial score (nSPS) is 13.9. The Morgan fingerprint density at radius 2 is 1.52 bits per heavy atom. The molecule has 0 heterocycles. The fourth-order valence-electron chi connectivity index (χ4n) is 2.66. The molecule has 112 valence electrons. The standard InChI is InChI=1S/C19H24BrN/c1-4-18(15-11-9-14(3)10-12-15)21-19(5-2)16-7-6-8-17(20)13-16/h6-13,18-19,21H,4-5H2,1-3H3. The van der Waals surface area contributed by atoms with E-state index in [0.29, 0.717) is 12.1 Å². The van der Waals surface area contributed by atoms with Crippen molar-refractivity contribution >= 4 is 15.9 Å². The van der Waals surface area contributed by atoms with Crippen molar-refractivity contribution in [3.8, 4) is 0 Å². The molecule has 0 fully saturated rings. The first-order valence-corrected chi connectivity index (χ1v) is 8.51. The molecule has 0 radical (unpaired) electrons. The Labute approximate surface area is 136 Å². The second kappa shape index (κ2) is 7.77. The van der Waals surface area contributed by atoms with Gasteiger partial charge in [-0.15, -0.1) is 0 Å². The Bertz CT molecular complexity index is 562. The number of hydrogen-bond donors (Lipinski definition) is 1. The summed E-state index contributed by atoms with van der Waals surface area (Å²) in [6.07, 6.45) is 2.17. The number of hydrogen-bond acceptors (Lipinski definition) is 1. The van der Waals surface area contributed by atoms with Crippen molar-refractivity contribution in [3.63, 3.8) is 0 Å². The van der Waals surface area contributed by atoms with Crippen molar-refractivity contribution in [2.45, 2.75) is 45.7 Å². The average Bonchev–Trinajstić information content (AvgIpc) is 2.50. The van der Waals surface area contributed by atoms with Crippen LogP contribution in [0.5, 0.6) is 0 Å². The molecule has 21 heavy (non-hydrogen) atoms. The molecule has 0 spiro atoms. The quantitative estimate of drug-likeness (QED) is 0.681. The first-order valence-electron chi connectivity index (χ1n) is 7.72. The van der Waals surface area contributed by atoms with E-state index < -0.39 is 0 Å². The van der Waals surface area contributed by atoms with Crippen molar-refractivity contribution in [2.24, 2.45) is 0 Å². The number of benzene rings is 2. The highest BCUT2D eigenvalue weighted by atomic mass is 79.9. The smallest absolute Gasteiger partial charge is 0.0323 e. The first-order chi connectivity index (χ1) is 10.1. The Morgan fingerprint density at radius 3 is 2.10 bits per heavy atom. The second-order valence-corrected chi connectivity index (χ2v) is 6.47. The van der Waals surface area contributed by atoms with Crippen LogP contribution < -0.4 is 5.32 Å². The summed E-state index contributed by atoms with van der Waals surface area (Å²) < 4.78 is 1.14. The lowest BCUT2D eigenvalue weighted by Crippen LogP contribution is -2.25. The highest BCUT2D eigenvalue weighted by Crippen LogP contribution is 2.26. The number of aryl methyl sites for hydroxylation is 1. The maximum atomic E-state index is 3.81. The van der Waals surface area contributed by atoms with Crippen molar-refractivity contribution in [1.29, 1.82) is 0 Å². The fourth-order valence-corrected chi connectivity index (χ4v) is 3.08. The average molecular weight is 346 g/mol. The van der Waals surface area contributed by atoms with Crippen LogP contribution in [0.15, 0.2) is 53.0 Å². The second-order valence-electron chi connectivity index (χ2n) is 5.55. The SMILES string of the molecule is CCC(NC(CC)c1cccc(Br)c1)c1ccc(C)cc1. The third-order valence-electron chi connectivity index (χ3n) is 3.95. The molecular weight excluding hydrogens is 322 g/mol. The van der Waals surface area contributed by atoms with E-state index in [0.717, 1.165) is 17.3 Å². The lowest BCUT2D eigenvalue weighted by atomic mass is 9.98. The topological polar surface area (TPSA) is 12.0 Å². The summed E-state index contributed by atoms with van der Waals surface area (Å²) in [7, 11) is 0. The fraction of sp³-hybridized carbons (Fsp3) is 0.368. The molecule has 2 rings (SSSR count). The molecule has 0 amide bonds. The molecule has 1 nitrogen and oxygen atoms in total. The molecule has 0 aliphatic rings. The Morgan fingerprint density at radius 1 is 0.905 bits per heavy atom. The summed E-state index contributed by atoms with van der Waals surface area (Å²) in [6, 6.07) is 18.2. The summed E-state index contributed by atoms with van der Waals surface area (Å²) in [4.78, 5) is 0. The van der Waals surface area contributed by atoms with Gasteiger partial charge < -0.3 is 5.32 Å². The maximum Gasteiger partial charge on any atom is 0.0323 e. The zero-order chi connectivity index (χ0) is 15.2. The van der Waals surface area contributed by atoms with E-state index in [1.165, 1.54) is 16.7 Å². The van der Waals surface area contributed by atoms with E-state index in [4.69, 9.17) is 0 Å². The molecule has 2 aromatic carbocycles. The predicted molar refractivity (Wildman–Crippen MR) is 94.5 cm³/mol. The molecule has 0 saturated carbocycles. The van der Waals surface area contributed by atoms with Gasteiger partial charge in [-0.05, 0) is 43.0 Å². The van der Waals surface area contributed by atoms with Gasteiger partial charge in [0.1, 0.15) is 0 Å². The van der Waals surface area contributed by atoms with Crippen LogP contribution in [0.2, 0.25) is 0 Å². The van der Waals surface area contributed by atoms with Crippen molar-refractivity contribution in [2.75, 3.05) is 0 Å². The van der Waals surface area contributed by atoms with Crippen LogP contribution in [0.3, 0.4) is 0 Å². The van der Waals surface area contributed by atoms with Crippen molar-refractivity contribution in [3.05, 3.63) is 69.7 Å². The van der Waals surface area contributed by atoms with Gasteiger partial charge in [-0.25, -0.2) is 0 Å². The van der Waals surface area contributed by atoms with Gasteiger partial charge in [-0.3, -0.25) is 0 Å². The zero-order valence-corrected chi connectivity index (χ0v) is 14.7. The summed E-state index contributed by atoms with van der Waals surface area (Å²) in [5.41, 5.74) is 4.03. The molecule has 2 atom stereocenters. The zero-order valence-electron chi connectivity index (χ0n) is 13.1. The summed E-state index contributed by atoms with van der Waals surface area (Å²) in [6.45, 7) is 6.61. The van der Waals surface area contributed by atoms with E-state index in [1.807, 2.05) is 0 Å². The number of halogens is 1. The van der Waals surface area contributed by atoms with Gasteiger partial charge in [0.05, 0.1) is 0 Å². The highest BCUT2D eigenvalue weighted by Gasteiger charge is 2.16. The van der Waals surface area contributed by atoms with Crippen LogP contribution in [0.25, 0.3) is 0 Å². The third kappa shape index (κ3) is 4.42. The van der Waals surface area contributed by atoms with Crippen molar-refractivity contribution in [1.82, 2.24) is 5.32 Å². The molecule has 0 aliphatic heterocycles. The van der Waals surface area contributed by atoms with E-state index in [2.05, 4.69) is 90.5 Å². The summed E-state index contributed by atoms with van der Waals surface area (Å²) in [5, 5.41) is 3.81. The number of nitrogens with one attached hydrogen (secondary N) is 1. The van der Waals surface area contributed by atoms with Crippen LogP contribution in [-0.2, 0) is 0 Å². The minimum atomic E-state index is 0.383. The van der Waals surface area contributed by atoms with E-state index in [1.54, 1.807) is 0 Å². The molecule has 2 heteroatoms. The van der Waals surface area contributed by atoms with Crippen LogP contribution in [0.1, 0.15) is 55.5 Å². The van der Waals surface area contributed by atoms with Gasteiger partial charge in [-0.2, -0.15) is 0 Å². The Balaban J connectivity index is 2.17. The Hall–Kier alpha value is -1.12. The largest absolute Gasteiger partial charge is 0.303 e. The van der Waals surface area contributed by atoms with E-state index in [9.17, 15) is 0 Å². The summed E-state index contributed by atoms with van der Waals surface area (Å²) in [5.74, 6) is 0. The van der Waals surface area contributed by atoms with Crippen molar-refractivity contribution < 1.29 is 0 Å². The Kier molecular flexibility index (Phi) is 6.01. The minimum Gasteiger partial charge on any atom is -0.303 e. The van der Waals surface area contributed by atoms with Gasteiger partial charge in [0.15, 0.2) is 0 Å². The molecule has 2 unspecified atom stereocenters. The monoisotopic (exact) mass is 345 g/mol. The van der Waals surface area contributed by atoms with Gasteiger partial charge in [-0.1, -0.05) is 71.7 Å². The van der Waals surface area contributed by atoms with Crippen LogP contribution >= 0.6 is 15.9 Å². The van der Waals surface area contributed by atoms with Crippen LogP contribution in [0, 0.1) is 6.92 Å². The summed E-state index contributed by atoms with van der Waals surface area (Å²) >= 11 is 3.57. The number of rotatable bonds is 6. The lowest BCUT2D eigenvalue weighted by molar-refractivity contribution is 0.426. The van der Waals surface area contributed by atoms with Gasteiger partial charge in [0.2, 0.25) is 0 Å². The molecule has 0 bridgehead atoms. The molecular formula is C19H24BrN. The molecule has 1 N–H and O–H groups in total.